The molecule has 194 valence electrons. The third-order valence-electron chi connectivity index (χ3n) is 6.04. The Morgan fingerprint density at radius 2 is 2.00 bits per heavy atom. The van der Waals surface area contributed by atoms with Gasteiger partial charge in [0.25, 0.3) is 0 Å². The van der Waals surface area contributed by atoms with Gasteiger partial charge in [-0.3, -0.25) is 9.59 Å². The minimum Gasteiger partial charge on any atom is -0.535 e. The van der Waals surface area contributed by atoms with Crippen LogP contribution >= 0.6 is 0 Å². The first-order valence-corrected chi connectivity index (χ1v) is 12.1. The molecule has 1 atom stereocenters. The maximum Gasteiger partial charge on any atom is 0.526 e. The van der Waals surface area contributed by atoms with Gasteiger partial charge in [-0.2, -0.15) is 0 Å². The number of esters is 2. The number of carbonyl (C=O) groups excluding carboxylic acids is 3. The zero-order valence-electron chi connectivity index (χ0n) is 21.2. The van der Waals surface area contributed by atoms with E-state index in [4.69, 9.17) is 14.1 Å². The monoisotopic (exact) mass is 500 g/mol. The van der Waals surface area contributed by atoms with Gasteiger partial charge in [-0.15, -0.1) is 5.10 Å². The molecule has 12 heteroatoms. The molecule has 0 aliphatic carbocycles. The maximum absolute atomic E-state index is 12.6. The number of nitrogens with zero attached hydrogens (tertiary/aromatic N) is 4. The van der Waals surface area contributed by atoms with Gasteiger partial charge in [0.05, 0.1) is 17.8 Å². The fourth-order valence-corrected chi connectivity index (χ4v) is 4.13. The van der Waals surface area contributed by atoms with Crippen LogP contribution < -0.4 is 4.65 Å². The molecule has 0 unspecified atom stereocenters. The second kappa shape index (κ2) is 12.6. The van der Waals surface area contributed by atoms with Crippen LogP contribution in [-0.2, 0) is 38.6 Å². The molecule has 36 heavy (non-hydrogen) atoms. The molecule has 1 aromatic carbocycles. The number of ketones is 1. The van der Waals surface area contributed by atoms with Crippen LogP contribution in [0, 0.1) is 5.92 Å². The summed E-state index contributed by atoms with van der Waals surface area (Å²) >= 11 is 0. The van der Waals surface area contributed by atoms with E-state index in [2.05, 4.69) is 10.3 Å². The Labute approximate surface area is 210 Å². The number of hydrogen-bond acceptors (Lipinski definition) is 10. The van der Waals surface area contributed by atoms with Crippen LogP contribution in [-0.4, -0.2) is 70.6 Å². The Morgan fingerprint density at radius 3 is 2.69 bits per heavy atom. The molecule has 0 saturated heterocycles. The predicted molar refractivity (Wildman–Crippen MR) is 130 cm³/mol. The number of ether oxygens (including phenoxy) is 2. The fraction of sp³-hybridized carbons (Fsp3) is 0.542. The second-order valence-electron chi connectivity index (χ2n) is 9.18. The van der Waals surface area contributed by atoms with Crippen molar-refractivity contribution in [2.75, 3.05) is 20.9 Å². The molecule has 1 aliphatic heterocycles. The Hall–Kier alpha value is -3.25. The number of hydrogen-bond donors (Lipinski definition) is 1. The minimum absolute atomic E-state index is 0.0402. The lowest BCUT2D eigenvalue weighted by molar-refractivity contribution is -0.157. The normalized spacial score (nSPS) is 15.0. The van der Waals surface area contributed by atoms with Crippen molar-refractivity contribution < 1.29 is 33.5 Å². The van der Waals surface area contributed by atoms with Gasteiger partial charge in [0.15, 0.2) is 5.78 Å². The van der Waals surface area contributed by atoms with Crippen LogP contribution in [0.25, 0.3) is 0 Å². The molecule has 0 fully saturated rings. The first kappa shape index (κ1) is 27.3. The molecule has 1 aliphatic rings. The van der Waals surface area contributed by atoms with Crippen LogP contribution in [0.5, 0.6) is 5.75 Å². The zero-order chi connectivity index (χ0) is 26.2. The SMILES string of the molecule is CCC(CC)C(=O)OCOC(=O)c1cccc2c1OB(O)[C@@H](CC(=O)Cn1cc(CN(C)C)nn1)C2. The topological polar surface area (TPSA) is 133 Å². The molecule has 0 saturated carbocycles. The lowest BCUT2D eigenvalue weighted by atomic mass is 9.64. The molecule has 2 heterocycles. The Morgan fingerprint density at radius 1 is 1.25 bits per heavy atom. The second-order valence-corrected chi connectivity index (χ2v) is 9.18. The number of carbonyl (C=O) groups is 3. The van der Waals surface area contributed by atoms with E-state index in [-0.39, 0.29) is 36.0 Å². The van der Waals surface area contributed by atoms with E-state index >= 15 is 0 Å². The number of benzene rings is 1. The number of aromatic nitrogens is 3. The number of fused-ring (bicyclic) bond motifs is 1. The van der Waals surface area contributed by atoms with Crippen LogP contribution in [0.4, 0.5) is 0 Å². The van der Waals surface area contributed by atoms with E-state index in [1.807, 2.05) is 32.8 Å². The predicted octanol–water partition coefficient (Wildman–Crippen LogP) is 1.88. The third-order valence-corrected chi connectivity index (χ3v) is 6.04. The fourth-order valence-electron chi connectivity index (χ4n) is 4.13. The largest absolute Gasteiger partial charge is 0.535 e. The summed E-state index contributed by atoms with van der Waals surface area (Å²) in [7, 11) is 2.56. The van der Waals surface area contributed by atoms with Gasteiger partial charge in [-0.05, 0) is 45.0 Å². The molecule has 1 N–H and O–H groups in total. The van der Waals surface area contributed by atoms with Gasteiger partial charge in [0.2, 0.25) is 6.79 Å². The Bertz CT molecular complexity index is 1070. The van der Waals surface area contributed by atoms with Gasteiger partial charge < -0.3 is 24.1 Å². The first-order chi connectivity index (χ1) is 17.2. The molecule has 0 bridgehead atoms. The summed E-state index contributed by atoms with van der Waals surface area (Å²) < 4.78 is 17.3. The quantitative estimate of drug-likeness (QED) is 0.262. The first-order valence-electron chi connectivity index (χ1n) is 12.1. The summed E-state index contributed by atoms with van der Waals surface area (Å²) in [5.41, 5.74) is 1.55. The van der Waals surface area contributed by atoms with Crippen molar-refractivity contribution in [3.05, 3.63) is 41.2 Å². The molecule has 2 aromatic rings. The average Bonchev–Trinajstić information content (AvgIpc) is 3.25. The van der Waals surface area contributed by atoms with Crippen molar-refractivity contribution in [1.82, 2.24) is 19.9 Å². The van der Waals surface area contributed by atoms with Crippen molar-refractivity contribution in [2.24, 2.45) is 5.92 Å². The molecule has 11 nitrogen and oxygen atoms in total. The average molecular weight is 500 g/mol. The van der Waals surface area contributed by atoms with Gasteiger partial charge in [-0.1, -0.05) is 31.2 Å². The van der Waals surface area contributed by atoms with E-state index in [0.29, 0.717) is 31.4 Å². The molecule has 0 radical (unpaired) electrons. The van der Waals surface area contributed by atoms with Crippen LogP contribution in [0.15, 0.2) is 24.4 Å². The highest BCUT2D eigenvalue weighted by molar-refractivity contribution is 6.47. The van der Waals surface area contributed by atoms with Crippen molar-refractivity contribution >= 4 is 24.8 Å². The standard InChI is InChI=1S/C24H33BN4O7/c1-5-16(6-2)23(31)34-15-35-24(32)21-9-7-8-17-10-18(25(33)36-22(17)21)11-20(30)14-29-13-19(26-27-29)12-28(3)4/h7-9,13,16,18,33H,5-6,10-12,14-15H2,1-4H3/t18-/m1/s1. The number of rotatable bonds is 12. The molecule has 0 spiro atoms. The Kier molecular flexibility index (Phi) is 9.60. The summed E-state index contributed by atoms with van der Waals surface area (Å²) in [6, 6.07) is 4.96. The number of para-hydroxylation sites is 1. The highest BCUT2D eigenvalue weighted by Crippen LogP contribution is 2.36. The molecular formula is C24H33BN4O7. The van der Waals surface area contributed by atoms with Gasteiger partial charge in [0, 0.05) is 18.8 Å². The van der Waals surface area contributed by atoms with Gasteiger partial charge >= 0.3 is 19.1 Å². The van der Waals surface area contributed by atoms with Crippen molar-refractivity contribution in [3.8, 4) is 5.75 Å². The van der Waals surface area contributed by atoms with Crippen molar-refractivity contribution in [1.29, 1.82) is 0 Å². The highest BCUT2D eigenvalue weighted by Gasteiger charge is 2.38. The van der Waals surface area contributed by atoms with Gasteiger partial charge in [0.1, 0.15) is 17.9 Å². The van der Waals surface area contributed by atoms with E-state index in [9.17, 15) is 19.4 Å². The van der Waals surface area contributed by atoms with Crippen LogP contribution in [0.1, 0.15) is 54.7 Å². The summed E-state index contributed by atoms with van der Waals surface area (Å²) in [6.07, 6.45) is 3.42. The summed E-state index contributed by atoms with van der Waals surface area (Å²) in [4.78, 5) is 39.2. The number of Topliss-reactive ketones (excluding diaryl/α,β-unsaturated/α-hetero) is 1. The Balaban J connectivity index is 1.57. The molecular weight excluding hydrogens is 467 g/mol. The van der Waals surface area contributed by atoms with E-state index in [1.165, 1.54) is 10.7 Å². The highest BCUT2D eigenvalue weighted by atomic mass is 16.7. The van der Waals surface area contributed by atoms with Gasteiger partial charge in [-0.25, -0.2) is 9.48 Å². The van der Waals surface area contributed by atoms with Crippen LogP contribution in [0.3, 0.4) is 0 Å². The summed E-state index contributed by atoms with van der Waals surface area (Å²) in [6.45, 7) is 3.93. The third kappa shape index (κ3) is 7.14. The maximum atomic E-state index is 12.6. The molecule has 3 rings (SSSR count). The van der Waals surface area contributed by atoms with E-state index < -0.39 is 31.7 Å². The van der Waals surface area contributed by atoms with Crippen molar-refractivity contribution in [3.63, 3.8) is 0 Å². The lowest BCUT2D eigenvalue weighted by Crippen LogP contribution is -2.36. The van der Waals surface area contributed by atoms with E-state index in [1.54, 1.807) is 18.3 Å². The van der Waals surface area contributed by atoms with Crippen LogP contribution in [0.2, 0.25) is 5.82 Å². The smallest absolute Gasteiger partial charge is 0.526 e. The molecule has 0 amide bonds. The molecule has 1 aromatic heterocycles. The lowest BCUT2D eigenvalue weighted by Gasteiger charge is -2.28. The van der Waals surface area contributed by atoms with E-state index in [0.717, 1.165) is 5.69 Å². The van der Waals surface area contributed by atoms with Crippen molar-refractivity contribution in [2.45, 2.75) is 58.4 Å². The zero-order valence-corrected chi connectivity index (χ0v) is 21.2. The summed E-state index contributed by atoms with van der Waals surface area (Å²) in [5, 5.41) is 18.6. The summed E-state index contributed by atoms with van der Waals surface area (Å²) in [5.74, 6) is -1.79. The minimum atomic E-state index is -1.27.